The van der Waals surface area contributed by atoms with E-state index in [1.165, 1.54) is 0 Å². The number of carbonyl (C=O) groups is 2. The van der Waals surface area contributed by atoms with Gasteiger partial charge in [-0.3, -0.25) is 14.9 Å². The van der Waals surface area contributed by atoms with E-state index in [1.54, 1.807) is 43.4 Å². The standard InChI is InChI=1S/C27H33ClN4O4S/c1-29-27(26(34)30-19-33,20-10-7-11-21(28)18-20)16-5-4-6-17-31-37(35,36)25-15-9-12-22-23(25)13-8-14-24(22)32(2)3/h7-15,18-19,29,31H,4-6,16-17H2,1-3H3,(H,30,33,34). The fraction of sp³-hybridized carbons (Fsp3) is 0.333. The van der Waals surface area contributed by atoms with Crippen LogP contribution in [0.1, 0.15) is 31.2 Å². The molecule has 0 aliphatic carbocycles. The highest BCUT2D eigenvalue weighted by molar-refractivity contribution is 7.89. The fourth-order valence-corrected chi connectivity index (χ4v) is 6.05. The maximum atomic E-state index is 13.1. The molecule has 0 fully saturated rings. The third-order valence-corrected chi connectivity index (χ3v) is 8.23. The predicted octanol–water partition coefficient (Wildman–Crippen LogP) is 3.79. The van der Waals surface area contributed by atoms with Crippen LogP contribution in [0, 0.1) is 0 Å². The predicted molar refractivity (Wildman–Crippen MR) is 148 cm³/mol. The van der Waals surface area contributed by atoms with Gasteiger partial charge < -0.3 is 10.2 Å². The molecule has 3 rings (SSSR count). The van der Waals surface area contributed by atoms with Crippen LogP contribution in [0.3, 0.4) is 0 Å². The summed E-state index contributed by atoms with van der Waals surface area (Å²) in [6.45, 7) is 0.260. The monoisotopic (exact) mass is 544 g/mol. The van der Waals surface area contributed by atoms with Gasteiger partial charge in [-0.2, -0.15) is 0 Å². The number of hydrogen-bond donors (Lipinski definition) is 3. The van der Waals surface area contributed by atoms with Gasteiger partial charge in [-0.05, 0) is 49.7 Å². The molecule has 3 aromatic rings. The topological polar surface area (TPSA) is 108 Å². The van der Waals surface area contributed by atoms with E-state index >= 15 is 0 Å². The van der Waals surface area contributed by atoms with Crippen LogP contribution in [-0.4, -0.2) is 48.4 Å². The summed E-state index contributed by atoms with van der Waals surface area (Å²) in [5.41, 5.74) is 0.454. The Hall–Kier alpha value is -2.98. The van der Waals surface area contributed by atoms with Crippen LogP contribution in [0.5, 0.6) is 0 Å². The first-order valence-electron chi connectivity index (χ1n) is 12.0. The van der Waals surface area contributed by atoms with Crippen LogP contribution in [0.25, 0.3) is 10.8 Å². The van der Waals surface area contributed by atoms with Gasteiger partial charge in [-0.25, -0.2) is 13.1 Å². The molecule has 0 aliphatic heterocycles. The number of nitrogens with one attached hydrogen (secondary N) is 3. The molecule has 0 radical (unpaired) electrons. The van der Waals surface area contributed by atoms with Gasteiger partial charge in [0.1, 0.15) is 5.54 Å². The molecule has 0 bridgehead atoms. The Morgan fingerprint density at radius 3 is 2.38 bits per heavy atom. The highest BCUT2D eigenvalue weighted by Gasteiger charge is 2.38. The van der Waals surface area contributed by atoms with E-state index in [0.717, 1.165) is 11.1 Å². The summed E-state index contributed by atoms with van der Waals surface area (Å²) >= 11 is 6.15. The number of carbonyl (C=O) groups excluding carboxylic acids is 2. The molecule has 0 heterocycles. The average Bonchev–Trinajstić information content (AvgIpc) is 2.87. The van der Waals surface area contributed by atoms with E-state index < -0.39 is 21.5 Å². The Morgan fingerprint density at radius 2 is 1.70 bits per heavy atom. The number of benzene rings is 3. The first-order valence-corrected chi connectivity index (χ1v) is 13.9. The molecule has 0 spiro atoms. The van der Waals surface area contributed by atoms with Crippen molar-refractivity contribution in [1.82, 2.24) is 15.4 Å². The molecule has 8 nitrogen and oxygen atoms in total. The highest BCUT2D eigenvalue weighted by Crippen LogP contribution is 2.31. The van der Waals surface area contributed by atoms with Gasteiger partial charge in [-0.15, -0.1) is 0 Å². The maximum absolute atomic E-state index is 13.1. The van der Waals surface area contributed by atoms with Crippen LogP contribution in [-0.2, 0) is 25.2 Å². The number of rotatable bonds is 13. The van der Waals surface area contributed by atoms with E-state index in [4.69, 9.17) is 11.6 Å². The Balaban J connectivity index is 1.65. The quantitative estimate of drug-likeness (QED) is 0.223. The molecule has 198 valence electrons. The van der Waals surface area contributed by atoms with Gasteiger partial charge in [-0.1, -0.05) is 60.8 Å². The molecule has 0 aromatic heterocycles. The summed E-state index contributed by atoms with van der Waals surface area (Å²) in [6, 6.07) is 17.8. The molecule has 0 saturated carbocycles. The maximum Gasteiger partial charge on any atom is 0.251 e. The lowest BCUT2D eigenvalue weighted by Crippen LogP contribution is -2.52. The van der Waals surface area contributed by atoms with E-state index in [0.29, 0.717) is 48.1 Å². The zero-order valence-corrected chi connectivity index (χ0v) is 22.8. The van der Waals surface area contributed by atoms with Crippen molar-refractivity contribution in [2.24, 2.45) is 0 Å². The van der Waals surface area contributed by atoms with Crippen molar-refractivity contribution >= 4 is 50.4 Å². The van der Waals surface area contributed by atoms with Crippen LogP contribution >= 0.6 is 11.6 Å². The number of fused-ring (bicyclic) bond motifs is 1. The van der Waals surface area contributed by atoms with E-state index in [-0.39, 0.29) is 11.4 Å². The minimum atomic E-state index is -3.72. The molecule has 37 heavy (non-hydrogen) atoms. The van der Waals surface area contributed by atoms with E-state index in [9.17, 15) is 18.0 Å². The second kappa shape index (κ2) is 12.5. The lowest BCUT2D eigenvalue weighted by atomic mass is 9.83. The van der Waals surface area contributed by atoms with Crippen LogP contribution < -0.4 is 20.3 Å². The van der Waals surface area contributed by atoms with Gasteiger partial charge in [0.2, 0.25) is 16.4 Å². The van der Waals surface area contributed by atoms with Crippen molar-refractivity contribution in [1.29, 1.82) is 0 Å². The van der Waals surface area contributed by atoms with Crippen LogP contribution in [0.15, 0.2) is 65.6 Å². The molecule has 3 aromatic carbocycles. The summed E-state index contributed by atoms with van der Waals surface area (Å²) in [6.07, 6.45) is 2.62. The zero-order chi connectivity index (χ0) is 27.1. The second-order valence-corrected chi connectivity index (χ2v) is 11.2. The summed E-state index contributed by atoms with van der Waals surface area (Å²) < 4.78 is 28.9. The van der Waals surface area contributed by atoms with Gasteiger partial charge >= 0.3 is 0 Å². The van der Waals surface area contributed by atoms with Crippen molar-refractivity contribution in [2.45, 2.75) is 36.1 Å². The zero-order valence-electron chi connectivity index (χ0n) is 21.3. The Labute approximate surface area is 223 Å². The molecular weight excluding hydrogens is 512 g/mol. The summed E-state index contributed by atoms with van der Waals surface area (Å²) in [5, 5.41) is 7.34. The number of hydrogen-bond acceptors (Lipinski definition) is 6. The number of halogens is 1. The number of sulfonamides is 1. The summed E-state index contributed by atoms with van der Waals surface area (Å²) in [7, 11) is 1.79. The van der Waals surface area contributed by atoms with Gasteiger partial charge in [0.05, 0.1) is 4.90 Å². The van der Waals surface area contributed by atoms with E-state index in [1.807, 2.05) is 43.3 Å². The van der Waals surface area contributed by atoms with Gasteiger partial charge in [0.15, 0.2) is 0 Å². The summed E-state index contributed by atoms with van der Waals surface area (Å²) in [4.78, 5) is 26.0. The molecule has 1 unspecified atom stereocenters. The largest absolute Gasteiger partial charge is 0.377 e. The lowest BCUT2D eigenvalue weighted by molar-refractivity contribution is -0.131. The first-order chi connectivity index (χ1) is 17.7. The molecule has 0 saturated heterocycles. The van der Waals surface area contributed by atoms with Crippen molar-refractivity contribution in [3.63, 3.8) is 0 Å². The molecule has 3 N–H and O–H groups in total. The minimum absolute atomic E-state index is 0.245. The first kappa shape index (κ1) is 28.6. The van der Waals surface area contributed by atoms with E-state index in [2.05, 4.69) is 15.4 Å². The smallest absolute Gasteiger partial charge is 0.251 e. The minimum Gasteiger partial charge on any atom is -0.377 e. The average molecular weight is 545 g/mol. The Bertz CT molecular complexity index is 1360. The summed E-state index contributed by atoms with van der Waals surface area (Å²) in [5.74, 6) is -0.471. The number of amides is 2. The van der Waals surface area contributed by atoms with Crippen molar-refractivity contribution in [3.05, 3.63) is 71.2 Å². The fourth-order valence-electron chi connectivity index (χ4n) is 4.57. The molecule has 1 atom stereocenters. The molecule has 0 aliphatic rings. The third kappa shape index (κ3) is 6.48. The Morgan fingerprint density at radius 1 is 1.00 bits per heavy atom. The number of likely N-dealkylation sites (N-methyl/N-ethyl adjacent to an activating group) is 1. The second-order valence-electron chi connectivity index (χ2n) is 8.99. The Kier molecular flexibility index (Phi) is 9.67. The normalized spacial score (nSPS) is 13.2. The van der Waals surface area contributed by atoms with Crippen LogP contribution in [0.2, 0.25) is 5.02 Å². The third-order valence-electron chi connectivity index (χ3n) is 6.47. The lowest BCUT2D eigenvalue weighted by Gasteiger charge is -2.32. The number of imide groups is 1. The van der Waals surface area contributed by atoms with Gasteiger partial charge in [0, 0.05) is 42.1 Å². The number of unbranched alkanes of at least 4 members (excludes halogenated alkanes) is 2. The van der Waals surface area contributed by atoms with Crippen LogP contribution in [0.4, 0.5) is 5.69 Å². The molecule has 10 heteroatoms. The number of anilines is 1. The van der Waals surface area contributed by atoms with Crippen molar-refractivity contribution in [3.8, 4) is 0 Å². The molecular formula is C27H33ClN4O4S. The van der Waals surface area contributed by atoms with Gasteiger partial charge in [0.25, 0.3) is 5.91 Å². The highest BCUT2D eigenvalue weighted by atomic mass is 35.5. The van der Waals surface area contributed by atoms with Crippen molar-refractivity contribution < 1.29 is 18.0 Å². The number of nitrogens with zero attached hydrogens (tertiary/aromatic N) is 1. The molecule has 2 amide bonds. The SMILES string of the molecule is CNC(CCCCCNS(=O)(=O)c1cccc2c(N(C)C)cccc12)(C(=O)NC=O)c1cccc(Cl)c1. The van der Waals surface area contributed by atoms with Crippen molar-refractivity contribution in [2.75, 3.05) is 32.6 Å².